The van der Waals surface area contributed by atoms with E-state index in [4.69, 9.17) is 5.73 Å². The van der Waals surface area contributed by atoms with Gasteiger partial charge in [0.25, 0.3) is 0 Å². The number of imidazole rings is 1. The lowest BCUT2D eigenvalue weighted by molar-refractivity contribution is 0.510. The van der Waals surface area contributed by atoms with E-state index in [0.717, 1.165) is 23.4 Å². The number of rotatable bonds is 2. The molecule has 0 aliphatic heterocycles. The average molecular weight is 260 g/mol. The Morgan fingerprint density at radius 2 is 1.95 bits per heavy atom. The van der Waals surface area contributed by atoms with Crippen molar-refractivity contribution >= 4 is 11.0 Å². The number of aromatic amines is 1. The summed E-state index contributed by atoms with van der Waals surface area (Å²) in [6, 6.07) is 5.69. The van der Waals surface area contributed by atoms with Gasteiger partial charge >= 0.3 is 0 Å². The minimum atomic E-state index is -0.914. The Bertz CT molecular complexity index is 712. The monoisotopic (exact) mass is 260 g/mol. The number of H-pyrrole nitrogens is 1. The number of nitrogens with zero attached hydrogens (tertiary/aromatic N) is 2. The maximum Gasteiger partial charge on any atom is 0.161 e. The van der Waals surface area contributed by atoms with Crippen molar-refractivity contribution in [1.82, 2.24) is 15.0 Å². The molecule has 3 aromatic rings. The second kappa shape index (κ2) is 4.40. The van der Waals surface area contributed by atoms with Crippen LogP contribution in [0.5, 0.6) is 0 Å². The number of aromatic nitrogens is 3. The number of pyridine rings is 1. The number of nitrogens with two attached hydrogens (primary N) is 1. The van der Waals surface area contributed by atoms with E-state index in [1.165, 1.54) is 0 Å². The minimum Gasteiger partial charge on any atom is -0.338 e. The molecule has 0 amide bonds. The van der Waals surface area contributed by atoms with Crippen molar-refractivity contribution in [1.29, 1.82) is 0 Å². The number of fused-ring (bicyclic) bond motifs is 1. The Labute approximate surface area is 107 Å². The molecule has 3 N–H and O–H groups in total. The van der Waals surface area contributed by atoms with E-state index in [1.54, 1.807) is 18.3 Å². The molecule has 0 fully saturated rings. The Balaban J connectivity index is 2.14. The highest BCUT2D eigenvalue weighted by molar-refractivity contribution is 5.79. The van der Waals surface area contributed by atoms with Crippen molar-refractivity contribution in [2.45, 2.75) is 6.54 Å². The van der Waals surface area contributed by atoms with E-state index in [2.05, 4.69) is 15.0 Å². The fourth-order valence-corrected chi connectivity index (χ4v) is 1.88. The molecule has 0 spiro atoms. The lowest BCUT2D eigenvalue weighted by atomic mass is 10.2. The largest absolute Gasteiger partial charge is 0.338 e. The van der Waals surface area contributed by atoms with E-state index in [9.17, 15) is 8.78 Å². The van der Waals surface area contributed by atoms with Crippen molar-refractivity contribution in [3.05, 3.63) is 47.8 Å². The van der Waals surface area contributed by atoms with Crippen LogP contribution >= 0.6 is 0 Å². The van der Waals surface area contributed by atoms with Crippen LogP contribution in [0.2, 0.25) is 0 Å². The zero-order chi connectivity index (χ0) is 13.4. The molecule has 3 rings (SSSR count). The predicted octanol–water partition coefficient (Wildman–Crippen LogP) is 2.36. The predicted molar refractivity (Wildman–Crippen MR) is 67.1 cm³/mol. The minimum absolute atomic E-state index is 0.317. The summed E-state index contributed by atoms with van der Waals surface area (Å²) in [6.45, 7) is 0.317. The van der Waals surface area contributed by atoms with Gasteiger partial charge in [0.1, 0.15) is 5.82 Å². The summed E-state index contributed by atoms with van der Waals surface area (Å²) >= 11 is 0. The molecule has 6 heteroatoms. The number of nitrogens with one attached hydrogen (secondary N) is 1. The number of halogens is 2. The molecule has 96 valence electrons. The quantitative estimate of drug-likeness (QED) is 0.743. The summed E-state index contributed by atoms with van der Waals surface area (Å²) in [7, 11) is 0. The Kier molecular flexibility index (Phi) is 2.72. The summed E-state index contributed by atoms with van der Waals surface area (Å²) in [6.07, 6.45) is 1.62. The van der Waals surface area contributed by atoms with Crippen LogP contribution in [-0.2, 0) is 6.54 Å². The Morgan fingerprint density at radius 1 is 1.16 bits per heavy atom. The van der Waals surface area contributed by atoms with E-state index < -0.39 is 11.6 Å². The van der Waals surface area contributed by atoms with E-state index in [0.29, 0.717) is 23.4 Å². The van der Waals surface area contributed by atoms with Gasteiger partial charge in [0, 0.05) is 30.4 Å². The molecule has 0 aliphatic rings. The average Bonchev–Trinajstić information content (AvgIpc) is 2.82. The van der Waals surface area contributed by atoms with Gasteiger partial charge in [0.05, 0.1) is 16.7 Å². The second-order valence-electron chi connectivity index (χ2n) is 4.11. The van der Waals surface area contributed by atoms with Crippen LogP contribution in [0.15, 0.2) is 30.5 Å². The summed E-state index contributed by atoms with van der Waals surface area (Å²) in [5.74, 6) is -1.29. The molecule has 4 nitrogen and oxygen atoms in total. The Hall–Kier alpha value is -2.34. The van der Waals surface area contributed by atoms with Crippen LogP contribution in [0.1, 0.15) is 5.69 Å². The molecule has 2 heterocycles. The number of benzene rings is 1. The van der Waals surface area contributed by atoms with Crippen molar-refractivity contribution in [3.8, 4) is 11.4 Å². The number of hydrogen-bond acceptors (Lipinski definition) is 3. The van der Waals surface area contributed by atoms with Crippen LogP contribution in [-0.4, -0.2) is 15.0 Å². The molecule has 1 aromatic carbocycles. The third kappa shape index (κ3) is 2.06. The molecule has 0 aliphatic carbocycles. The van der Waals surface area contributed by atoms with Gasteiger partial charge in [-0.1, -0.05) is 0 Å². The standard InChI is InChI=1S/C13H10F2N4/c14-9-4-11-12(5-10(9)15)19-13(18-11)7-1-2-17-8(3-7)6-16/h1-5H,6,16H2,(H,18,19). The van der Waals surface area contributed by atoms with Gasteiger partial charge in [-0.2, -0.15) is 0 Å². The van der Waals surface area contributed by atoms with Gasteiger partial charge in [-0.25, -0.2) is 13.8 Å². The van der Waals surface area contributed by atoms with Crippen molar-refractivity contribution in [3.63, 3.8) is 0 Å². The van der Waals surface area contributed by atoms with Crippen molar-refractivity contribution < 1.29 is 8.78 Å². The lowest BCUT2D eigenvalue weighted by Crippen LogP contribution is -1.99. The summed E-state index contributed by atoms with van der Waals surface area (Å²) < 4.78 is 26.3. The van der Waals surface area contributed by atoms with E-state index >= 15 is 0 Å². The van der Waals surface area contributed by atoms with E-state index in [-0.39, 0.29) is 0 Å². The zero-order valence-corrected chi connectivity index (χ0v) is 9.82. The van der Waals surface area contributed by atoms with Crippen LogP contribution in [0.25, 0.3) is 22.4 Å². The maximum atomic E-state index is 13.1. The SMILES string of the molecule is NCc1cc(-c2nc3cc(F)c(F)cc3[nH]2)ccn1. The molecular formula is C13H10F2N4. The third-order valence-corrected chi connectivity index (χ3v) is 2.82. The first-order valence-electron chi connectivity index (χ1n) is 5.67. The normalized spacial score (nSPS) is 11.1. The Morgan fingerprint density at radius 3 is 2.74 bits per heavy atom. The number of hydrogen-bond donors (Lipinski definition) is 2. The molecule has 0 unspecified atom stereocenters. The van der Waals surface area contributed by atoms with Crippen LogP contribution in [0.4, 0.5) is 8.78 Å². The first-order chi connectivity index (χ1) is 9.17. The molecule has 2 aromatic heterocycles. The lowest BCUT2D eigenvalue weighted by Gasteiger charge is -1.99. The fraction of sp³-hybridized carbons (Fsp3) is 0.0769. The first kappa shape index (κ1) is 11.7. The molecule has 0 atom stereocenters. The topological polar surface area (TPSA) is 67.6 Å². The van der Waals surface area contributed by atoms with Crippen LogP contribution in [0.3, 0.4) is 0 Å². The molecular weight excluding hydrogens is 250 g/mol. The van der Waals surface area contributed by atoms with Crippen molar-refractivity contribution in [2.75, 3.05) is 0 Å². The summed E-state index contributed by atoms with van der Waals surface area (Å²) in [5, 5.41) is 0. The molecule has 0 saturated heterocycles. The smallest absolute Gasteiger partial charge is 0.161 e. The molecule has 0 bridgehead atoms. The zero-order valence-electron chi connectivity index (χ0n) is 9.82. The van der Waals surface area contributed by atoms with Gasteiger partial charge in [0.15, 0.2) is 11.6 Å². The maximum absolute atomic E-state index is 13.1. The fourth-order valence-electron chi connectivity index (χ4n) is 1.88. The second-order valence-corrected chi connectivity index (χ2v) is 4.11. The van der Waals surface area contributed by atoms with Crippen molar-refractivity contribution in [2.24, 2.45) is 5.73 Å². The molecule has 0 saturated carbocycles. The first-order valence-corrected chi connectivity index (χ1v) is 5.67. The van der Waals surface area contributed by atoms with Gasteiger partial charge in [-0.15, -0.1) is 0 Å². The van der Waals surface area contributed by atoms with Crippen LogP contribution < -0.4 is 5.73 Å². The molecule has 0 radical (unpaired) electrons. The highest BCUT2D eigenvalue weighted by Crippen LogP contribution is 2.22. The summed E-state index contributed by atoms with van der Waals surface area (Å²) in [5.41, 5.74) is 7.83. The highest BCUT2D eigenvalue weighted by atomic mass is 19.2. The van der Waals surface area contributed by atoms with Gasteiger partial charge in [-0.3, -0.25) is 4.98 Å². The van der Waals surface area contributed by atoms with E-state index in [1.807, 2.05) is 0 Å². The summed E-state index contributed by atoms with van der Waals surface area (Å²) in [4.78, 5) is 11.3. The van der Waals surface area contributed by atoms with Gasteiger partial charge in [-0.05, 0) is 12.1 Å². The highest BCUT2D eigenvalue weighted by Gasteiger charge is 2.10. The third-order valence-electron chi connectivity index (χ3n) is 2.82. The molecule has 19 heavy (non-hydrogen) atoms. The van der Waals surface area contributed by atoms with Gasteiger partial charge < -0.3 is 10.7 Å². The van der Waals surface area contributed by atoms with Gasteiger partial charge in [0.2, 0.25) is 0 Å². The van der Waals surface area contributed by atoms with Crippen LogP contribution in [0, 0.1) is 11.6 Å².